The van der Waals surface area contributed by atoms with E-state index in [1.54, 1.807) is 0 Å². The Morgan fingerprint density at radius 2 is 2.00 bits per heavy atom. The summed E-state index contributed by atoms with van der Waals surface area (Å²) in [5.74, 6) is 1.16. The molecule has 1 unspecified atom stereocenters. The molecule has 1 aromatic heterocycles. The van der Waals surface area contributed by atoms with E-state index < -0.39 is 0 Å². The van der Waals surface area contributed by atoms with Gasteiger partial charge in [-0.1, -0.05) is 31.2 Å². The van der Waals surface area contributed by atoms with Gasteiger partial charge in [0, 0.05) is 5.70 Å². The van der Waals surface area contributed by atoms with Crippen molar-refractivity contribution in [1.82, 2.24) is 9.55 Å². The quantitative estimate of drug-likeness (QED) is 0.580. The van der Waals surface area contributed by atoms with Crippen LogP contribution in [0.15, 0.2) is 59.8 Å². The van der Waals surface area contributed by atoms with Gasteiger partial charge in [0.1, 0.15) is 5.75 Å². The molecular formula is C24H27N3O3. The smallest absolute Gasteiger partial charge is 0.338 e. The highest BCUT2D eigenvalue weighted by atomic mass is 16.5. The lowest BCUT2D eigenvalue weighted by molar-refractivity contribution is -0.143. The number of carbonyl (C=O) groups is 1. The molecule has 3 aromatic rings. The predicted octanol–water partition coefficient (Wildman–Crippen LogP) is 5.07. The van der Waals surface area contributed by atoms with E-state index in [0.717, 1.165) is 34.5 Å². The molecule has 0 radical (unpaired) electrons. The number of allylic oxidation sites excluding steroid dienone is 1. The Labute approximate surface area is 176 Å². The molecule has 0 aliphatic carbocycles. The van der Waals surface area contributed by atoms with Crippen LogP contribution >= 0.6 is 0 Å². The van der Waals surface area contributed by atoms with Crippen molar-refractivity contribution in [2.45, 2.75) is 46.3 Å². The molecule has 0 saturated carbocycles. The molecule has 4 rings (SSSR count). The number of esters is 1. The van der Waals surface area contributed by atoms with Gasteiger partial charge in [-0.3, -0.25) is 4.57 Å². The Balaban J connectivity index is 1.90. The van der Waals surface area contributed by atoms with Gasteiger partial charge in [-0.25, -0.2) is 9.78 Å². The number of carbonyl (C=O) groups excluding carboxylic acids is 1. The molecule has 0 saturated heterocycles. The van der Waals surface area contributed by atoms with Crippen LogP contribution < -0.4 is 10.1 Å². The average Bonchev–Trinajstić information content (AvgIpc) is 3.08. The minimum Gasteiger partial charge on any atom is -0.494 e. The molecule has 1 aliphatic heterocycles. The SMILES string of the molecule is CCCOc1cccc(C2C(C(=O)OC(C)C)=C(C)Nc3nc4ccccc4n32)c1. The number of hydrogen-bond acceptors (Lipinski definition) is 5. The first-order valence-corrected chi connectivity index (χ1v) is 10.4. The summed E-state index contributed by atoms with van der Waals surface area (Å²) in [5.41, 5.74) is 4.09. The van der Waals surface area contributed by atoms with Gasteiger partial charge in [0.15, 0.2) is 0 Å². The van der Waals surface area contributed by atoms with E-state index in [9.17, 15) is 4.79 Å². The van der Waals surface area contributed by atoms with Gasteiger partial charge in [-0.15, -0.1) is 0 Å². The number of ether oxygens (including phenoxy) is 2. The first-order valence-electron chi connectivity index (χ1n) is 10.4. The first-order chi connectivity index (χ1) is 14.5. The zero-order valence-corrected chi connectivity index (χ0v) is 17.8. The Morgan fingerprint density at radius 3 is 2.77 bits per heavy atom. The number of nitrogens with one attached hydrogen (secondary N) is 1. The maximum Gasteiger partial charge on any atom is 0.338 e. The summed E-state index contributed by atoms with van der Waals surface area (Å²) in [6, 6.07) is 15.5. The fraction of sp³-hybridized carbons (Fsp3) is 0.333. The number of nitrogens with zero attached hydrogens (tertiary/aromatic N) is 2. The number of aromatic nitrogens is 2. The van der Waals surface area contributed by atoms with Gasteiger partial charge in [-0.05, 0) is 57.0 Å². The van der Waals surface area contributed by atoms with Crippen molar-refractivity contribution in [3.63, 3.8) is 0 Å². The zero-order valence-electron chi connectivity index (χ0n) is 17.8. The topological polar surface area (TPSA) is 65.4 Å². The normalized spacial score (nSPS) is 15.8. The number of fused-ring (bicyclic) bond motifs is 3. The Bertz CT molecular complexity index is 1110. The molecule has 1 atom stereocenters. The monoisotopic (exact) mass is 405 g/mol. The summed E-state index contributed by atoms with van der Waals surface area (Å²) in [5, 5.41) is 3.30. The minimum atomic E-state index is -0.370. The Hall–Kier alpha value is -3.28. The Kier molecular flexibility index (Phi) is 5.48. The third-order valence-electron chi connectivity index (χ3n) is 5.04. The molecular weight excluding hydrogens is 378 g/mol. The second kappa shape index (κ2) is 8.22. The standard InChI is InChI=1S/C24H27N3O3/c1-5-13-29-18-10-8-9-17(14-18)22-21(23(28)30-15(2)3)16(4)25-24-26-19-11-6-7-12-20(19)27(22)24/h6-12,14-15,22H,5,13H2,1-4H3,(H,25,26). The number of para-hydroxylation sites is 2. The second-order valence-electron chi connectivity index (χ2n) is 7.74. The largest absolute Gasteiger partial charge is 0.494 e. The number of hydrogen-bond donors (Lipinski definition) is 1. The van der Waals surface area contributed by atoms with Crippen molar-refractivity contribution in [2.24, 2.45) is 0 Å². The highest BCUT2D eigenvalue weighted by Crippen LogP contribution is 2.40. The zero-order chi connectivity index (χ0) is 21.3. The number of benzene rings is 2. The highest BCUT2D eigenvalue weighted by molar-refractivity contribution is 5.94. The molecule has 30 heavy (non-hydrogen) atoms. The Morgan fingerprint density at radius 1 is 1.20 bits per heavy atom. The molecule has 156 valence electrons. The molecule has 0 spiro atoms. The molecule has 6 nitrogen and oxygen atoms in total. The van der Waals surface area contributed by atoms with Crippen LogP contribution in [0.2, 0.25) is 0 Å². The van der Waals surface area contributed by atoms with Crippen molar-refractivity contribution >= 4 is 23.0 Å². The van der Waals surface area contributed by atoms with Gasteiger partial charge in [0.2, 0.25) is 5.95 Å². The predicted molar refractivity (Wildman–Crippen MR) is 118 cm³/mol. The summed E-state index contributed by atoms with van der Waals surface area (Å²) < 4.78 is 13.5. The molecule has 1 aliphatic rings. The molecule has 2 heterocycles. The van der Waals surface area contributed by atoms with E-state index >= 15 is 0 Å². The summed E-state index contributed by atoms with van der Waals surface area (Å²) in [6.07, 6.45) is 0.720. The maximum absolute atomic E-state index is 13.1. The van der Waals surface area contributed by atoms with Gasteiger partial charge < -0.3 is 14.8 Å². The minimum absolute atomic E-state index is 0.210. The summed E-state index contributed by atoms with van der Waals surface area (Å²) >= 11 is 0. The van der Waals surface area contributed by atoms with Crippen LogP contribution in [0.4, 0.5) is 5.95 Å². The van der Waals surface area contributed by atoms with Crippen LogP contribution in [0.25, 0.3) is 11.0 Å². The van der Waals surface area contributed by atoms with E-state index in [1.165, 1.54) is 0 Å². The maximum atomic E-state index is 13.1. The second-order valence-corrected chi connectivity index (χ2v) is 7.74. The van der Waals surface area contributed by atoms with Crippen molar-refractivity contribution < 1.29 is 14.3 Å². The third kappa shape index (κ3) is 3.65. The van der Waals surface area contributed by atoms with Crippen LogP contribution in [-0.4, -0.2) is 28.2 Å². The molecule has 2 aromatic carbocycles. The van der Waals surface area contributed by atoms with Crippen LogP contribution in [0.5, 0.6) is 5.75 Å². The molecule has 1 N–H and O–H groups in total. The van der Waals surface area contributed by atoms with E-state index in [-0.39, 0.29) is 18.1 Å². The van der Waals surface area contributed by atoms with Crippen molar-refractivity contribution in [3.8, 4) is 5.75 Å². The lowest BCUT2D eigenvalue weighted by Crippen LogP contribution is -2.30. The molecule has 6 heteroatoms. The van der Waals surface area contributed by atoms with E-state index in [0.29, 0.717) is 18.1 Å². The van der Waals surface area contributed by atoms with Gasteiger partial charge in [-0.2, -0.15) is 0 Å². The van der Waals surface area contributed by atoms with Gasteiger partial charge >= 0.3 is 5.97 Å². The van der Waals surface area contributed by atoms with Gasteiger partial charge in [0.05, 0.1) is 35.4 Å². The fourth-order valence-corrected chi connectivity index (χ4v) is 3.82. The summed E-state index contributed by atoms with van der Waals surface area (Å²) in [6.45, 7) is 8.33. The van der Waals surface area contributed by atoms with E-state index in [1.807, 2.05) is 69.3 Å². The lowest BCUT2D eigenvalue weighted by atomic mass is 9.95. The highest BCUT2D eigenvalue weighted by Gasteiger charge is 2.35. The van der Waals surface area contributed by atoms with Crippen LogP contribution in [0.1, 0.15) is 45.7 Å². The van der Waals surface area contributed by atoms with Crippen LogP contribution in [-0.2, 0) is 9.53 Å². The van der Waals surface area contributed by atoms with Gasteiger partial charge in [0.25, 0.3) is 0 Å². The summed E-state index contributed by atoms with van der Waals surface area (Å²) in [4.78, 5) is 17.9. The lowest BCUT2D eigenvalue weighted by Gasteiger charge is -2.30. The average molecular weight is 405 g/mol. The van der Waals surface area contributed by atoms with Crippen molar-refractivity contribution in [2.75, 3.05) is 11.9 Å². The van der Waals surface area contributed by atoms with E-state index in [2.05, 4.69) is 16.8 Å². The summed E-state index contributed by atoms with van der Waals surface area (Å²) in [7, 11) is 0. The van der Waals surface area contributed by atoms with Crippen molar-refractivity contribution in [3.05, 3.63) is 65.4 Å². The number of imidazole rings is 1. The number of rotatable bonds is 6. The first kappa shape index (κ1) is 20.0. The molecule has 0 bridgehead atoms. The number of anilines is 1. The van der Waals surface area contributed by atoms with Crippen LogP contribution in [0, 0.1) is 0 Å². The molecule has 0 fully saturated rings. The van der Waals surface area contributed by atoms with Crippen LogP contribution in [0.3, 0.4) is 0 Å². The van der Waals surface area contributed by atoms with Crippen molar-refractivity contribution in [1.29, 1.82) is 0 Å². The molecule has 0 amide bonds. The third-order valence-corrected chi connectivity index (χ3v) is 5.04. The fourth-order valence-electron chi connectivity index (χ4n) is 3.82. The van der Waals surface area contributed by atoms with E-state index in [4.69, 9.17) is 14.5 Å².